The van der Waals surface area contributed by atoms with Crippen LogP contribution in [0.1, 0.15) is 24.0 Å². The van der Waals surface area contributed by atoms with Gasteiger partial charge >= 0.3 is 0 Å². The number of fused-ring (bicyclic) bond motifs is 1. The molecule has 3 heterocycles. The van der Waals surface area contributed by atoms with Crippen molar-refractivity contribution in [3.8, 4) is 11.4 Å². The lowest BCUT2D eigenvalue weighted by atomic mass is 9.99. The molecule has 0 amide bonds. The Hall–Kier alpha value is -2.67. The number of halogens is 2. The number of rotatable bonds is 6. The number of hydrogen-bond donors (Lipinski definition) is 2. The molecule has 0 aliphatic carbocycles. The van der Waals surface area contributed by atoms with Gasteiger partial charge in [0.05, 0.1) is 21.8 Å². The number of piperidine rings is 1. The average molecular weight is 481 g/mol. The van der Waals surface area contributed by atoms with E-state index in [0.717, 1.165) is 55.0 Å². The molecule has 5 rings (SSSR count). The van der Waals surface area contributed by atoms with Crippen molar-refractivity contribution in [2.24, 2.45) is 5.92 Å². The van der Waals surface area contributed by atoms with Crippen molar-refractivity contribution in [3.05, 3.63) is 69.8 Å². The highest BCUT2D eigenvalue weighted by Gasteiger charge is 2.23. The summed E-state index contributed by atoms with van der Waals surface area (Å²) in [5.74, 6) is 1.79. The van der Waals surface area contributed by atoms with Gasteiger partial charge in [-0.3, -0.25) is 0 Å². The summed E-state index contributed by atoms with van der Waals surface area (Å²) in [6, 6.07) is 13.9. The lowest BCUT2D eigenvalue weighted by Crippen LogP contribution is -2.32. The summed E-state index contributed by atoms with van der Waals surface area (Å²) in [4.78, 5) is 14.2. The highest BCUT2D eigenvalue weighted by Crippen LogP contribution is 2.36. The first-order valence-corrected chi connectivity index (χ1v) is 12.0. The van der Waals surface area contributed by atoms with Crippen LogP contribution in [0.3, 0.4) is 0 Å². The molecule has 6 nitrogen and oxygen atoms in total. The maximum atomic E-state index is 6.57. The molecule has 1 saturated heterocycles. The minimum Gasteiger partial charge on any atom is -0.350 e. The zero-order valence-corrected chi connectivity index (χ0v) is 20.0. The highest BCUT2D eigenvalue weighted by atomic mass is 35.5. The van der Waals surface area contributed by atoms with E-state index in [9.17, 15) is 0 Å². The van der Waals surface area contributed by atoms with Crippen molar-refractivity contribution in [1.29, 1.82) is 0 Å². The second-order valence-electron chi connectivity index (χ2n) is 8.60. The van der Waals surface area contributed by atoms with Gasteiger partial charge in [0.1, 0.15) is 11.3 Å². The molecule has 8 heteroatoms. The van der Waals surface area contributed by atoms with E-state index >= 15 is 0 Å². The largest absolute Gasteiger partial charge is 0.350 e. The van der Waals surface area contributed by atoms with Crippen LogP contribution in [-0.2, 0) is 13.1 Å². The minimum absolute atomic E-state index is 0.481. The first-order valence-electron chi connectivity index (χ1n) is 11.3. The van der Waals surface area contributed by atoms with E-state index in [0.29, 0.717) is 28.5 Å². The molecule has 0 spiro atoms. The zero-order valence-electron chi connectivity index (χ0n) is 18.5. The maximum Gasteiger partial charge on any atom is 0.225 e. The summed E-state index contributed by atoms with van der Waals surface area (Å²) in [7, 11) is 0. The number of anilines is 1. The predicted molar refractivity (Wildman–Crippen MR) is 135 cm³/mol. The summed E-state index contributed by atoms with van der Waals surface area (Å²) in [6.45, 7) is 5.57. The third-order valence-electron chi connectivity index (χ3n) is 6.05. The van der Waals surface area contributed by atoms with Gasteiger partial charge in [0.25, 0.3) is 0 Å². The van der Waals surface area contributed by atoms with Crippen LogP contribution < -0.4 is 10.6 Å². The Kier molecular flexibility index (Phi) is 6.49. The second kappa shape index (κ2) is 9.67. The van der Waals surface area contributed by atoms with Crippen molar-refractivity contribution in [3.63, 3.8) is 0 Å². The molecule has 33 heavy (non-hydrogen) atoms. The number of benzene rings is 2. The van der Waals surface area contributed by atoms with Gasteiger partial charge in [-0.1, -0.05) is 59.1 Å². The lowest BCUT2D eigenvalue weighted by Gasteiger charge is -2.24. The molecule has 2 aromatic carbocycles. The summed E-state index contributed by atoms with van der Waals surface area (Å²) in [5.41, 5.74) is 4.66. The Morgan fingerprint density at radius 1 is 1.12 bits per heavy atom. The third-order valence-corrected chi connectivity index (χ3v) is 6.68. The van der Waals surface area contributed by atoms with E-state index < -0.39 is 0 Å². The number of aromatic nitrogens is 4. The fraction of sp³-hybridized carbons (Fsp3) is 0.320. The van der Waals surface area contributed by atoms with E-state index in [1.807, 2.05) is 18.2 Å². The topological polar surface area (TPSA) is 67.7 Å². The van der Waals surface area contributed by atoms with Crippen molar-refractivity contribution < 1.29 is 0 Å². The van der Waals surface area contributed by atoms with Gasteiger partial charge in [0.15, 0.2) is 5.65 Å². The summed E-state index contributed by atoms with van der Waals surface area (Å²) in [6.07, 6.45) is 4.09. The van der Waals surface area contributed by atoms with Crippen LogP contribution in [0, 0.1) is 12.8 Å². The van der Waals surface area contributed by atoms with Gasteiger partial charge in [0.2, 0.25) is 5.95 Å². The fourth-order valence-electron chi connectivity index (χ4n) is 4.42. The van der Waals surface area contributed by atoms with E-state index in [2.05, 4.69) is 51.4 Å². The second-order valence-corrected chi connectivity index (χ2v) is 9.41. The fourth-order valence-corrected chi connectivity index (χ4v) is 4.99. The van der Waals surface area contributed by atoms with E-state index in [4.69, 9.17) is 33.2 Å². The standard InChI is InChI=1S/C25H26Cl2N6/c1-16-5-2-6-17(11-16)13-29-25-30-14-21-23(32-25)33(15-18-7-4-10-28-12-18)24(31-21)22-19(26)8-3-9-20(22)27/h2-3,5-6,8-9,11,14,18,28H,4,7,10,12-13,15H2,1H3,(H,29,30,32)/t18-/m1/s1. The first-order chi connectivity index (χ1) is 16.1. The monoisotopic (exact) mass is 480 g/mol. The van der Waals surface area contributed by atoms with Crippen molar-refractivity contribution in [2.75, 3.05) is 18.4 Å². The van der Waals surface area contributed by atoms with Crippen LogP contribution in [0.2, 0.25) is 10.0 Å². The number of hydrogen-bond acceptors (Lipinski definition) is 5. The Bertz CT molecular complexity index is 1260. The van der Waals surface area contributed by atoms with E-state index in [1.54, 1.807) is 6.20 Å². The molecule has 0 radical (unpaired) electrons. The molecule has 0 bridgehead atoms. The normalized spacial score (nSPS) is 16.3. The van der Waals surface area contributed by atoms with E-state index in [-0.39, 0.29) is 0 Å². The SMILES string of the molecule is Cc1cccc(CNc2ncc3nc(-c4c(Cl)cccc4Cl)n(C[C@@H]4CCCNC4)c3n2)c1. The third kappa shape index (κ3) is 4.83. The zero-order chi connectivity index (χ0) is 22.8. The van der Waals surface area contributed by atoms with Gasteiger partial charge in [-0.15, -0.1) is 0 Å². The quantitative estimate of drug-likeness (QED) is 0.369. The Balaban J connectivity index is 1.54. The van der Waals surface area contributed by atoms with Crippen molar-refractivity contribution in [1.82, 2.24) is 24.8 Å². The molecule has 2 aromatic heterocycles. The van der Waals surface area contributed by atoms with Crippen LogP contribution >= 0.6 is 23.2 Å². The molecule has 4 aromatic rings. The van der Waals surface area contributed by atoms with Crippen LogP contribution in [0.15, 0.2) is 48.7 Å². The van der Waals surface area contributed by atoms with Gasteiger partial charge in [-0.25, -0.2) is 9.97 Å². The maximum absolute atomic E-state index is 6.57. The molecular weight excluding hydrogens is 455 g/mol. The number of nitrogens with zero attached hydrogens (tertiary/aromatic N) is 4. The molecule has 1 aliphatic rings. The van der Waals surface area contributed by atoms with Crippen molar-refractivity contribution in [2.45, 2.75) is 32.9 Å². The minimum atomic E-state index is 0.481. The number of aryl methyl sites for hydroxylation is 1. The lowest BCUT2D eigenvalue weighted by molar-refractivity contribution is 0.341. The Morgan fingerprint density at radius 3 is 2.70 bits per heavy atom. The first kappa shape index (κ1) is 22.1. The predicted octanol–water partition coefficient (Wildman–Crippen LogP) is 5.72. The Morgan fingerprint density at radius 2 is 1.94 bits per heavy atom. The summed E-state index contributed by atoms with van der Waals surface area (Å²) < 4.78 is 2.15. The summed E-state index contributed by atoms with van der Waals surface area (Å²) in [5, 5.41) is 8.01. The molecule has 1 fully saturated rings. The number of imidazole rings is 1. The molecule has 1 atom stereocenters. The van der Waals surface area contributed by atoms with Gasteiger partial charge < -0.3 is 15.2 Å². The molecule has 0 saturated carbocycles. The molecular formula is C25H26Cl2N6. The molecule has 0 unspecified atom stereocenters. The van der Waals surface area contributed by atoms with Gasteiger partial charge in [0, 0.05) is 13.1 Å². The van der Waals surface area contributed by atoms with Crippen LogP contribution in [-0.4, -0.2) is 32.6 Å². The van der Waals surface area contributed by atoms with E-state index in [1.165, 1.54) is 11.1 Å². The highest BCUT2D eigenvalue weighted by molar-refractivity contribution is 6.39. The Labute approximate surface area is 203 Å². The van der Waals surface area contributed by atoms with Crippen LogP contribution in [0.4, 0.5) is 5.95 Å². The molecule has 1 aliphatic heterocycles. The van der Waals surface area contributed by atoms with Gasteiger partial charge in [-0.05, 0) is 56.5 Å². The smallest absolute Gasteiger partial charge is 0.225 e. The average Bonchev–Trinajstić information content (AvgIpc) is 3.15. The van der Waals surface area contributed by atoms with Gasteiger partial charge in [-0.2, -0.15) is 4.98 Å². The van der Waals surface area contributed by atoms with Crippen LogP contribution in [0.5, 0.6) is 0 Å². The number of nitrogens with one attached hydrogen (secondary N) is 2. The summed E-state index contributed by atoms with van der Waals surface area (Å²) >= 11 is 13.1. The van der Waals surface area contributed by atoms with Crippen LogP contribution in [0.25, 0.3) is 22.6 Å². The van der Waals surface area contributed by atoms with Crippen molar-refractivity contribution >= 4 is 40.3 Å². The molecule has 2 N–H and O–H groups in total. The molecule has 170 valence electrons.